The minimum atomic E-state index is -0.143. The largest absolute Gasteiger partial charge is 0.392 e. The molecule has 0 spiro atoms. The molecule has 0 amide bonds. The van der Waals surface area contributed by atoms with Gasteiger partial charge in [0.1, 0.15) is 0 Å². The monoisotopic (exact) mass is 272 g/mol. The van der Waals surface area contributed by atoms with Crippen LogP contribution in [0.2, 0.25) is 0 Å². The molecule has 3 atom stereocenters. The molecular weight excluding hydrogens is 244 g/mol. The maximum atomic E-state index is 11.2. The van der Waals surface area contributed by atoms with E-state index in [1.54, 1.807) is 0 Å². The minimum absolute atomic E-state index is 0.0446. The van der Waals surface area contributed by atoms with Crippen molar-refractivity contribution in [2.45, 2.75) is 69.8 Å². The molecule has 2 aliphatic rings. The first-order chi connectivity index (χ1) is 9.72. The first-order valence-corrected chi connectivity index (χ1v) is 8.46. The van der Waals surface area contributed by atoms with Crippen molar-refractivity contribution in [2.24, 2.45) is 11.8 Å². The van der Waals surface area contributed by atoms with Gasteiger partial charge in [0.15, 0.2) is 0 Å². The Balaban J connectivity index is 1.86. The summed E-state index contributed by atoms with van der Waals surface area (Å²) in [6.45, 7) is 2.35. The molecule has 2 aliphatic carbocycles. The van der Waals surface area contributed by atoms with Gasteiger partial charge in [-0.3, -0.25) is 0 Å². The van der Waals surface area contributed by atoms with Crippen LogP contribution in [-0.2, 0) is 5.41 Å². The lowest BCUT2D eigenvalue weighted by atomic mass is 9.66. The van der Waals surface area contributed by atoms with Gasteiger partial charge in [-0.25, -0.2) is 0 Å². The molecule has 0 aromatic heterocycles. The number of benzene rings is 1. The molecule has 3 rings (SSSR count). The second kappa shape index (κ2) is 5.89. The Labute approximate surface area is 123 Å². The van der Waals surface area contributed by atoms with Gasteiger partial charge < -0.3 is 5.11 Å². The van der Waals surface area contributed by atoms with E-state index in [4.69, 9.17) is 0 Å². The van der Waals surface area contributed by atoms with Crippen molar-refractivity contribution in [3.05, 3.63) is 35.9 Å². The molecule has 2 fully saturated rings. The van der Waals surface area contributed by atoms with Crippen LogP contribution < -0.4 is 0 Å². The zero-order chi connectivity index (χ0) is 14.0. The van der Waals surface area contributed by atoms with Gasteiger partial charge >= 0.3 is 0 Å². The molecule has 1 aromatic carbocycles. The highest BCUT2D eigenvalue weighted by Gasteiger charge is 2.45. The molecule has 1 N–H and O–H groups in total. The molecule has 0 heterocycles. The van der Waals surface area contributed by atoms with Gasteiger partial charge in [0.25, 0.3) is 0 Å². The quantitative estimate of drug-likeness (QED) is 0.846. The van der Waals surface area contributed by atoms with Crippen LogP contribution >= 0.6 is 0 Å². The van der Waals surface area contributed by atoms with Crippen LogP contribution in [0.4, 0.5) is 0 Å². The summed E-state index contributed by atoms with van der Waals surface area (Å²) in [6, 6.07) is 10.8. The third kappa shape index (κ3) is 2.53. The standard InChI is InChI=1S/C19H28O/c1-15-8-7-9-16(14-15)18(20)19(12-5-6-13-19)17-10-3-2-4-11-17/h2-4,10-11,15-16,18,20H,5-9,12-14H2,1H3. The van der Waals surface area contributed by atoms with Crippen molar-refractivity contribution >= 4 is 0 Å². The Morgan fingerprint density at radius 1 is 1.05 bits per heavy atom. The van der Waals surface area contributed by atoms with E-state index in [1.165, 1.54) is 56.9 Å². The zero-order valence-corrected chi connectivity index (χ0v) is 12.7. The van der Waals surface area contributed by atoms with Crippen LogP contribution in [0.15, 0.2) is 30.3 Å². The summed E-state index contributed by atoms with van der Waals surface area (Å²) in [4.78, 5) is 0. The van der Waals surface area contributed by atoms with Crippen LogP contribution in [0.5, 0.6) is 0 Å². The van der Waals surface area contributed by atoms with Crippen LogP contribution in [-0.4, -0.2) is 11.2 Å². The second-order valence-electron chi connectivity index (χ2n) is 7.21. The molecule has 110 valence electrons. The van der Waals surface area contributed by atoms with E-state index in [2.05, 4.69) is 37.3 Å². The Hall–Kier alpha value is -0.820. The van der Waals surface area contributed by atoms with Gasteiger partial charge in [0.05, 0.1) is 6.10 Å². The van der Waals surface area contributed by atoms with Gasteiger partial charge in [-0.15, -0.1) is 0 Å². The third-order valence-corrected chi connectivity index (χ3v) is 5.83. The van der Waals surface area contributed by atoms with Crippen molar-refractivity contribution in [3.63, 3.8) is 0 Å². The first kappa shape index (κ1) is 14.1. The minimum Gasteiger partial charge on any atom is -0.392 e. The van der Waals surface area contributed by atoms with E-state index in [0.717, 1.165) is 5.92 Å². The fourth-order valence-electron chi connectivity index (χ4n) is 4.75. The Kier molecular flexibility index (Phi) is 4.16. The number of rotatable bonds is 3. The van der Waals surface area contributed by atoms with E-state index in [-0.39, 0.29) is 11.5 Å². The number of aliphatic hydroxyl groups is 1. The maximum absolute atomic E-state index is 11.2. The van der Waals surface area contributed by atoms with E-state index >= 15 is 0 Å². The summed E-state index contributed by atoms with van der Waals surface area (Å²) in [5, 5.41) is 11.2. The van der Waals surface area contributed by atoms with E-state index in [9.17, 15) is 5.11 Å². The Bertz CT molecular complexity index is 419. The molecule has 0 radical (unpaired) electrons. The number of aliphatic hydroxyl groups excluding tert-OH is 1. The molecule has 0 saturated heterocycles. The molecular formula is C19H28O. The molecule has 1 aromatic rings. The Morgan fingerprint density at radius 3 is 2.40 bits per heavy atom. The molecule has 3 unspecified atom stereocenters. The summed E-state index contributed by atoms with van der Waals surface area (Å²) in [5.41, 5.74) is 1.42. The smallest absolute Gasteiger partial charge is 0.0664 e. The van der Waals surface area contributed by atoms with Crippen molar-refractivity contribution in [2.75, 3.05) is 0 Å². The maximum Gasteiger partial charge on any atom is 0.0664 e. The van der Waals surface area contributed by atoms with E-state index in [0.29, 0.717) is 5.92 Å². The predicted octanol–water partition coefficient (Wildman–Crippen LogP) is 4.69. The van der Waals surface area contributed by atoms with Gasteiger partial charge in [-0.05, 0) is 43.1 Å². The average Bonchev–Trinajstić information content (AvgIpc) is 2.98. The second-order valence-corrected chi connectivity index (χ2v) is 7.21. The van der Waals surface area contributed by atoms with Crippen LogP contribution in [0.1, 0.15) is 63.9 Å². The summed E-state index contributed by atoms with van der Waals surface area (Å²) >= 11 is 0. The van der Waals surface area contributed by atoms with Crippen LogP contribution in [0.3, 0.4) is 0 Å². The molecule has 20 heavy (non-hydrogen) atoms. The average molecular weight is 272 g/mol. The SMILES string of the molecule is CC1CCCC(C(O)C2(c3ccccc3)CCCC2)C1. The Morgan fingerprint density at radius 2 is 1.75 bits per heavy atom. The van der Waals surface area contributed by atoms with Gasteiger partial charge in [-0.2, -0.15) is 0 Å². The summed E-state index contributed by atoms with van der Waals surface area (Å²) in [7, 11) is 0. The molecule has 0 aliphatic heterocycles. The van der Waals surface area contributed by atoms with Gasteiger partial charge in [-0.1, -0.05) is 62.9 Å². The molecule has 1 heteroatoms. The lowest BCUT2D eigenvalue weighted by Crippen LogP contribution is -2.43. The highest BCUT2D eigenvalue weighted by molar-refractivity contribution is 5.28. The van der Waals surface area contributed by atoms with Crippen LogP contribution in [0.25, 0.3) is 0 Å². The summed E-state index contributed by atoms with van der Waals surface area (Å²) in [6.07, 6.45) is 9.83. The van der Waals surface area contributed by atoms with Crippen molar-refractivity contribution in [3.8, 4) is 0 Å². The highest BCUT2D eigenvalue weighted by atomic mass is 16.3. The fourth-order valence-corrected chi connectivity index (χ4v) is 4.75. The van der Waals surface area contributed by atoms with Gasteiger partial charge in [0, 0.05) is 5.41 Å². The van der Waals surface area contributed by atoms with Crippen molar-refractivity contribution < 1.29 is 5.11 Å². The van der Waals surface area contributed by atoms with Crippen molar-refractivity contribution in [1.29, 1.82) is 0 Å². The highest BCUT2D eigenvalue weighted by Crippen LogP contribution is 2.48. The summed E-state index contributed by atoms with van der Waals surface area (Å²) < 4.78 is 0. The first-order valence-electron chi connectivity index (χ1n) is 8.46. The fraction of sp³-hybridized carbons (Fsp3) is 0.684. The number of hydrogen-bond acceptors (Lipinski definition) is 1. The third-order valence-electron chi connectivity index (χ3n) is 5.83. The van der Waals surface area contributed by atoms with Crippen molar-refractivity contribution in [1.82, 2.24) is 0 Å². The van der Waals surface area contributed by atoms with Gasteiger partial charge in [0.2, 0.25) is 0 Å². The predicted molar refractivity (Wildman–Crippen MR) is 83.7 cm³/mol. The lowest BCUT2D eigenvalue weighted by molar-refractivity contribution is 0.00608. The zero-order valence-electron chi connectivity index (χ0n) is 12.7. The van der Waals surface area contributed by atoms with Crippen LogP contribution in [0, 0.1) is 11.8 Å². The molecule has 1 nitrogen and oxygen atoms in total. The van der Waals surface area contributed by atoms with E-state index < -0.39 is 0 Å². The van der Waals surface area contributed by atoms with E-state index in [1.807, 2.05) is 0 Å². The topological polar surface area (TPSA) is 20.2 Å². The normalized spacial score (nSPS) is 31.1. The lowest BCUT2D eigenvalue weighted by Gasteiger charge is -2.42. The number of hydrogen-bond donors (Lipinski definition) is 1. The molecule has 2 saturated carbocycles. The molecule has 0 bridgehead atoms. The summed E-state index contributed by atoms with van der Waals surface area (Å²) in [5.74, 6) is 1.30.